The largest absolute Gasteiger partial charge is 0.472 e. The van der Waals surface area contributed by atoms with Gasteiger partial charge in [-0.2, -0.15) is 0 Å². The highest BCUT2D eigenvalue weighted by Gasteiger charge is 2.17. The van der Waals surface area contributed by atoms with Crippen molar-refractivity contribution in [3.8, 4) is 0 Å². The lowest BCUT2D eigenvalue weighted by atomic mass is 10.2. The molecule has 1 fully saturated rings. The van der Waals surface area contributed by atoms with Gasteiger partial charge in [0.1, 0.15) is 6.26 Å². The Hall–Kier alpha value is -1.25. The first-order chi connectivity index (χ1) is 6.88. The third-order valence-electron chi connectivity index (χ3n) is 2.66. The molecule has 1 aromatic heterocycles. The molecule has 14 heavy (non-hydrogen) atoms. The molecular weight excluding hydrogens is 178 g/mol. The molecule has 0 atom stereocenters. The molecule has 1 saturated heterocycles. The maximum atomic E-state index is 11.9. The first-order valence-corrected chi connectivity index (χ1v) is 5.19. The molecule has 0 N–H and O–H groups in total. The zero-order chi connectivity index (χ0) is 9.80. The maximum absolute atomic E-state index is 11.9. The Morgan fingerprint density at radius 3 is 2.50 bits per heavy atom. The Morgan fingerprint density at radius 2 is 1.93 bits per heavy atom. The summed E-state index contributed by atoms with van der Waals surface area (Å²) in [5.74, 6) is 0.112. The van der Waals surface area contributed by atoms with Crippen molar-refractivity contribution < 1.29 is 9.21 Å². The van der Waals surface area contributed by atoms with Gasteiger partial charge in [-0.1, -0.05) is 12.8 Å². The number of rotatable bonds is 1. The van der Waals surface area contributed by atoms with E-state index in [1.54, 1.807) is 12.3 Å². The van der Waals surface area contributed by atoms with Crippen molar-refractivity contribution in [1.29, 1.82) is 0 Å². The molecule has 1 aliphatic heterocycles. The zero-order valence-corrected chi connectivity index (χ0v) is 8.24. The molecule has 0 bridgehead atoms. The van der Waals surface area contributed by atoms with Crippen LogP contribution in [0.25, 0.3) is 0 Å². The number of furan rings is 1. The van der Waals surface area contributed by atoms with Gasteiger partial charge in [-0.3, -0.25) is 4.79 Å². The average molecular weight is 193 g/mol. The van der Waals surface area contributed by atoms with E-state index in [0.29, 0.717) is 5.56 Å². The molecule has 0 aromatic carbocycles. The van der Waals surface area contributed by atoms with Gasteiger partial charge in [-0.15, -0.1) is 0 Å². The number of carbonyl (C=O) groups excluding carboxylic acids is 1. The minimum atomic E-state index is 0.112. The fourth-order valence-electron chi connectivity index (χ4n) is 1.84. The van der Waals surface area contributed by atoms with Crippen LogP contribution in [0.5, 0.6) is 0 Å². The molecule has 76 valence electrons. The first-order valence-electron chi connectivity index (χ1n) is 5.19. The van der Waals surface area contributed by atoms with Gasteiger partial charge >= 0.3 is 0 Å². The summed E-state index contributed by atoms with van der Waals surface area (Å²) in [5.41, 5.74) is 0.673. The van der Waals surface area contributed by atoms with Gasteiger partial charge in [-0.25, -0.2) is 0 Å². The van der Waals surface area contributed by atoms with Crippen LogP contribution in [0.3, 0.4) is 0 Å². The minimum Gasteiger partial charge on any atom is -0.472 e. The smallest absolute Gasteiger partial charge is 0.257 e. The monoisotopic (exact) mass is 193 g/mol. The van der Waals surface area contributed by atoms with Gasteiger partial charge in [0.25, 0.3) is 5.91 Å². The molecule has 3 nitrogen and oxygen atoms in total. The van der Waals surface area contributed by atoms with Crippen LogP contribution < -0.4 is 0 Å². The van der Waals surface area contributed by atoms with Crippen molar-refractivity contribution in [2.75, 3.05) is 13.1 Å². The van der Waals surface area contributed by atoms with E-state index in [0.717, 1.165) is 25.9 Å². The lowest BCUT2D eigenvalue weighted by Crippen LogP contribution is -2.31. The van der Waals surface area contributed by atoms with Gasteiger partial charge in [0.05, 0.1) is 11.8 Å². The van der Waals surface area contributed by atoms with Crippen LogP contribution in [0.15, 0.2) is 23.0 Å². The fraction of sp³-hybridized carbons (Fsp3) is 0.545. The Kier molecular flexibility index (Phi) is 2.87. The van der Waals surface area contributed by atoms with Crippen LogP contribution in [-0.2, 0) is 0 Å². The highest BCUT2D eigenvalue weighted by atomic mass is 16.3. The van der Waals surface area contributed by atoms with E-state index < -0.39 is 0 Å². The van der Waals surface area contributed by atoms with Crippen molar-refractivity contribution in [1.82, 2.24) is 4.90 Å². The zero-order valence-electron chi connectivity index (χ0n) is 8.24. The van der Waals surface area contributed by atoms with E-state index in [1.165, 1.54) is 19.1 Å². The first kappa shape index (κ1) is 9.31. The number of nitrogens with zero attached hydrogens (tertiary/aromatic N) is 1. The Balaban J connectivity index is 2.03. The van der Waals surface area contributed by atoms with Crippen molar-refractivity contribution in [2.24, 2.45) is 0 Å². The van der Waals surface area contributed by atoms with Gasteiger partial charge < -0.3 is 9.32 Å². The van der Waals surface area contributed by atoms with E-state index >= 15 is 0 Å². The van der Waals surface area contributed by atoms with Crippen molar-refractivity contribution in [3.63, 3.8) is 0 Å². The standard InChI is InChI=1S/C11H15NO2/c13-11(10-5-8-14-9-10)12-6-3-1-2-4-7-12/h5,8-9H,1-4,6-7H2. The van der Waals surface area contributed by atoms with Crippen molar-refractivity contribution in [3.05, 3.63) is 24.2 Å². The van der Waals surface area contributed by atoms with Crippen LogP contribution in [0, 0.1) is 0 Å². The predicted molar refractivity (Wildman–Crippen MR) is 53.1 cm³/mol. The summed E-state index contributed by atoms with van der Waals surface area (Å²) in [7, 11) is 0. The Bertz CT molecular complexity index is 284. The summed E-state index contributed by atoms with van der Waals surface area (Å²) in [6, 6.07) is 1.73. The summed E-state index contributed by atoms with van der Waals surface area (Å²) in [6.45, 7) is 1.79. The third-order valence-corrected chi connectivity index (χ3v) is 2.66. The molecule has 1 aromatic rings. The number of likely N-dealkylation sites (tertiary alicyclic amines) is 1. The molecule has 1 aliphatic rings. The molecule has 0 saturated carbocycles. The molecular formula is C11H15NO2. The third kappa shape index (κ3) is 1.97. The number of hydrogen-bond donors (Lipinski definition) is 0. The van der Waals surface area contributed by atoms with Crippen molar-refractivity contribution in [2.45, 2.75) is 25.7 Å². The number of amides is 1. The van der Waals surface area contributed by atoms with E-state index in [9.17, 15) is 4.79 Å². The van der Waals surface area contributed by atoms with Crippen LogP contribution in [0.1, 0.15) is 36.0 Å². The van der Waals surface area contributed by atoms with Gasteiger partial charge in [0.2, 0.25) is 0 Å². The van der Waals surface area contributed by atoms with E-state index in [-0.39, 0.29) is 5.91 Å². The second-order valence-corrected chi connectivity index (χ2v) is 3.72. The summed E-state index contributed by atoms with van der Waals surface area (Å²) < 4.78 is 4.91. The summed E-state index contributed by atoms with van der Waals surface area (Å²) in [4.78, 5) is 13.8. The lowest BCUT2D eigenvalue weighted by molar-refractivity contribution is 0.0761. The normalized spacial score (nSPS) is 17.9. The molecule has 2 heterocycles. The highest BCUT2D eigenvalue weighted by Crippen LogP contribution is 2.13. The molecule has 0 aliphatic carbocycles. The second-order valence-electron chi connectivity index (χ2n) is 3.72. The summed E-state index contributed by atoms with van der Waals surface area (Å²) >= 11 is 0. The number of carbonyl (C=O) groups is 1. The molecule has 0 unspecified atom stereocenters. The predicted octanol–water partition coefficient (Wildman–Crippen LogP) is 2.30. The van der Waals surface area contributed by atoms with E-state index in [4.69, 9.17) is 4.42 Å². The Morgan fingerprint density at radius 1 is 1.21 bits per heavy atom. The van der Waals surface area contributed by atoms with Gasteiger partial charge in [0, 0.05) is 13.1 Å². The topological polar surface area (TPSA) is 33.5 Å². The number of hydrogen-bond acceptors (Lipinski definition) is 2. The van der Waals surface area contributed by atoms with Crippen LogP contribution in [-0.4, -0.2) is 23.9 Å². The maximum Gasteiger partial charge on any atom is 0.257 e. The molecule has 0 spiro atoms. The highest BCUT2D eigenvalue weighted by molar-refractivity contribution is 5.93. The SMILES string of the molecule is O=C(c1ccoc1)N1CCCCCC1. The van der Waals surface area contributed by atoms with Gasteiger partial charge in [-0.05, 0) is 18.9 Å². The second kappa shape index (κ2) is 4.31. The van der Waals surface area contributed by atoms with E-state index in [1.807, 2.05) is 4.90 Å². The fourth-order valence-corrected chi connectivity index (χ4v) is 1.84. The quantitative estimate of drug-likeness (QED) is 0.685. The minimum absolute atomic E-state index is 0.112. The average Bonchev–Trinajstić information content (AvgIpc) is 2.59. The van der Waals surface area contributed by atoms with Crippen LogP contribution in [0.2, 0.25) is 0 Å². The van der Waals surface area contributed by atoms with Gasteiger partial charge in [0.15, 0.2) is 0 Å². The van der Waals surface area contributed by atoms with Crippen molar-refractivity contribution >= 4 is 5.91 Å². The van der Waals surface area contributed by atoms with Crippen LogP contribution >= 0.6 is 0 Å². The molecule has 2 rings (SSSR count). The summed E-state index contributed by atoms with van der Waals surface area (Å²) in [5, 5.41) is 0. The Labute approximate surface area is 83.7 Å². The molecule has 3 heteroatoms. The van der Waals surface area contributed by atoms with Crippen LogP contribution in [0.4, 0.5) is 0 Å². The molecule has 0 radical (unpaired) electrons. The summed E-state index contributed by atoms with van der Waals surface area (Å²) in [6.07, 6.45) is 7.82. The molecule has 1 amide bonds. The van der Waals surface area contributed by atoms with E-state index in [2.05, 4.69) is 0 Å². The lowest BCUT2D eigenvalue weighted by Gasteiger charge is -2.18.